The van der Waals surface area contributed by atoms with Crippen LogP contribution in [0.1, 0.15) is 62.1 Å². The van der Waals surface area contributed by atoms with Gasteiger partial charge >= 0.3 is 5.97 Å². The molecule has 0 saturated carbocycles. The van der Waals surface area contributed by atoms with E-state index in [-0.39, 0.29) is 17.9 Å². The zero-order valence-electron chi connectivity index (χ0n) is 19.2. The summed E-state index contributed by atoms with van der Waals surface area (Å²) in [6.07, 6.45) is 5.50. The van der Waals surface area contributed by atoms with Gasteiger partial charge in [-0.15, -0.1) is 22.7 Å². The van der Waals surface area contributed by atoms with Crippen LogP contribution in [0.4, 0.5) is 0 Å². The molecule has 0 saturated heterocycles. The number of esters is 1. The SMILES string of the molecule is Cc1c(C(=O)OCC(=O)c2cc(C)n(-c3nccs3)c2C)sc2nc3n(c(=O)c12)CCCCC3. The molecule has 5 rings (SSSR count). The molecule has 0 aromatic carbocycles. The van der Waals surface area contributed by atoms with E-state index in [0.29, 0.717) is 32.8 Å². The predicted molar refractivity (Wildman–Crippen MR) is 132 cm³/mol. The molecule has 0 fully saturated rings. The third-order valence-electron chi connectivity index (χ3n) is 6.27. The second-order valence-electron chi connectivity index (χ2n) is 8.47. The first-order valence-electron chi connectivity index (χ1n) is 11.2. The fourth-order valence-corrected chi connectivity index (χ4v) is 6.38. The van der Waals surface area contributed by atoms with Crippen molar-refractivity contribution in [2.24, 2.45) is 0 Å². The summed E-state index contributed by atoms with van der Waals surface area (Å²) in [5.41, 5.74) is 2.60. The molecule has 0 bridgehead atoms. The number of fused-ring (bicyclic) bond motifs is 2. The number of carbonyl (C=O) groups excluding carboxylic acids is 2. The van der Waals surface area contributed by atoms with Crippen molar-refractivity contribution in [2.45, 2.75) is 53.0 Å². The molecule has 0 unspecified atom stereocenters. The van der Waals surface area contributed by atoms with Gasteiger partial charge in [0.25, 0.3) is 5.56 Å². The lowest BCUT2D eigenvalue weighted by Crippen LogP contribution is -2.24. The Labute approximate surface area is 203 Å². The van der Waals surface area contributed by atoms with Gasteiger partial charge in [-0.25, -0.2) is 14.8 Å². The fraction of sp³-hybridized carbons (Fsp3) is 0.375. The second-order valence-corrected chi connectivity index (χ2v) is 10.3. The number of thiophene rings is 1. The summed E-state index contributed by atoms with van der Waals surface area (Å²) >= 11 is 2.64. The third-order valence-corrected chi connectivity index (χ3v) is 8.20. The molecule has 0 spiro atoms. The number of rotatable bonds is 5. The molecule has 0 N–H and O–H groups in total. The van der Waals surface area contributed by atoms with Crippen molar-refractivity contribution in [2.75, 3.05) is 6.61 Å². The number of aryl methyl sites for hydroxylation is 3. The smallest absolute Gasteiger partial charge is 0.349 e. The summed E-state index contributed by atoms with van der Waals surface area (Å²) < 4.78 is 9.06. The number of thiazole rings is 1. The molecule has 10 heteroatoms. The largest absolute Gasteiger partial charge is 0.453 e. The first-order chi connectivity index (χ1) is 16.4. The molecule has 176 valence electrons. The highest BCUT2D eigenvalue weighted by Gasteiger charge is 2.25. The molecular formula is C24H24N4O4S2. The monoisotopic (exact) mass is 496 g/mol. The molecular weight excluding hydrogens is 472 g/mol. The molecule has 0 amide bonds. The summed E-state index contributed by atoms with van der Waals surface area (Å²) in [6.45, 7) is 5.77. The number of ether oxygens (including phenoxy) is 1. The van der Waals surface area contributed by atoms with Crippen LogP contribution in [0.15, 0.2) is 22.4 Å². The lowest BCUT2D eigenvalue weighted by molar-refractivity contribution is 0.0479. The Balaban J connectivity index is 1.38. The Kier molecular flexibility index (Phi) is 5.95. The van der Waals surface area contributed by atoms with Crippen molar-refractivity contribution < 1.29 is 14.3 Å². The van der Waals surface area contributed by atoms with Gasteiger partial charge in [-0.3, -0.25) is 18.7 Å². The standard InChI is InChI=1S/C24H24N4O4S2/c1-13-11-16(15(3)28(13)24-25-8-10-33-24)17(29)12-32-23(31)20-14(2)19-21(34-20)26-18-7-5-4-6-9-27(18)22(19)30/h8,10-11H,4-7,9,12H2,1-3H3. The van der Waals surface area contributed by atoms with Gasteiger partial charge in [0.05, 0.1) is 5.39 Å². The average Bonchev–Trinajstić information content (AvgIpc) is 3.46. The van der Waals surface area contributed by atoms with Gasteiger partial charge in [0.2, 0.25) is 5.78 Å². The summed E-state index contributed by atoms with van der Waals surface area (Å²) in [7, 11) is 0. The fourth-order valence-electron chi connectivity index (χ4n) is 4.54. The van der Waals surface area contributed by atoms with Gasteiger partial charge in [-0.05, 0) is 45.2 Å². The maximum Gasteiger partial charge on any atom is 0.349 e. The first kappa shape index (κ1) is 22.7. The summed E-state index contributed by atoms with van der Waals surface area (Å²) in [5.74, 6) is -0.114. The van der Waals surface area contributed by atoms with Crippen molar-refractivity contribution in [1.82, 2.24) is 19.1 Å². The van der Waals surface area contributed by atoms with Crippen molar-refractivity contribution in [3.05, 3.63) is 61.2 Å². The van der Waals surface area contributed by atoms with Crippen LogP contribution < -0.4 is 5.56 Å². The van der Waals surface area contributed by atoms with E-state index in [0.717, 1.165) is 59.4 Å². The highest BCUT2D eigenvalue weighted by Crippen LogP contribution is 2.29. The lowest BCUT2D eigenvalue weighted by atomic mass is 10.1. The zero-order valence-corrected chi connectivity index (χ0v) is 20.8. The summed E-state index contributed by atoms with van der Waals surface area (Å²) in [5, 5.41) is 3.13. The van der Waals surface area contributed by atoms with Crippen molar-refractivity contribution >= 4 is 44.6 Å². The number of nitrogens with zero attached hydrogens (tertiary/aromatic N) is 4. The first-order valence-corrected chi connectivity index (χ1v) is 12.9. The number of hydrogen-bond acceptors (Lipinski definition) is 8. The highest BCUT2D eigenvalue weighted by molar-refractivity contribution is 7.20. The minimum absolute atomic E-state index is 0.0968. The minimum atomic E-state index is -0.609. The van der Waals surface area contributed by atoms with Crippen LogP contribution in [0, 0.1) is 20.8 Å². The van der Waals surface area contributed by atoms with E-state index in [1.165, 1.54) is 11.3 Å². The lowest BCUT2D eigenvalue weighted by Gasteiger charge is -2.08. The highest BCUT2D eigenvalue weighted by atomic mass is 32.1. The molecule has 34 heavy (non-hydrogen) atoms. The average molecular weight is 497 g/mol. The Morgan fingerprint density at radius 1 is 1.18 bits per heavy atom. The third kappa shape index (κ3) is 3.80. The van der Waals surface area contributed by atoms with E-state index in [4.69, 9.17) is 9.72 Å². The maximum absolute atomic E-state index is 13.1. The number of hydrogen-bond donors (Lipinski definition) is 0. The van der Waals surface area contributed by atoms with Crippen LogP contribution >= 0.6 is 22.7 Å². The molecule has 5 heterocycles. The van der Waals surface area contributed by atoms with Crippen molar-refractivity contribution in [3.63, 3.8) is 0 Å². The number of ketones is 1. The zero-order chi connectivity index (χ0) is 24.0. The van der Waals surface area contributed by atoms with Crippen molar-refractivity contribution in [3.8, 4) is 5.13 Å². The molecule has 4 aromatic heterocycles. The van der Waals surface area contributed by atoms with Gasteiger partial charge in [-0.1, -0.05) is 6.42 Å². The van der Waals surface area contributed by atoms with E-state index in [1.54, 1.807) is 23.8 Å². The van der Waals surface area contributed by atoms with Crippen LogP contribution in [-0.4, -0.2) is 37.5 Å². The molecule has 1 aliphatic heterocycles. The normalized spacial score (nSPS) is 13.6. The summed E-state index contributed by atoms with van der Waals surface area (Å²) in [6, 6.07) is 1.79. The van der Waals surface area contributed by atoms with Gasteiger partial charge in [0.1, 0.15) is 15.5 Å². The van der Waals surface area contributed by atoms with E-state index in [1.807, 2.05) is 23.8 Å². The Bertz CT molecular complexity index is 1480. The van der Waals surface area contributed by atoms with Crippen molar-refractivity contribution in [1.29, 1.82) is 0 Å². The van der Waals surface area contributed by atoms with Gasteiger partial charge in [0.15, 0.2) is 11.7 Å². The molecule has 0 radical (unpaired) electrons. The van der Waals surface area contributed by atoms with Crippen LogP contribution in [0.3, 0.4) is 0 Å². The molecule has 1 aliphatic rings. The Morgan fingerprint density at radius 3 is 2.76 bits per heavy atom. The maximum atomic E-state index is 13.1. The summed E-state index contributed by atoms with van der Waals surface area (Å²) in [4.78, 5) is 48.8. The number of carbonyl (C=O) groups is 2. The van der Waals surface area contributed by atoms with Crippen LogP contribution in [0.5, 0.6) is 0 Å². The van der Waals surface area contributed by atoms with Crippen LogP contribution in [0.2, 0.25) is 0 Å². The van der Waals surface area contributed by atoms with Crippen LogP contribution in [0.25, 0.3) is 15.3 Å². The minimum Gasteiger partial charge on any atom is -0.453 e. The quantitative estimate of drug-likeness (QED) is 0.300. The topological polar surface area (TPSA) is 96.1 Å². The van der Waals surface area contributed by atoms with E-state index in [2.05, 4.69) is 4.98 Å². The second kappa shape index (κ2) is 8.92. The van der Waals surface area contributed by atoms with Crippen LogP contribution in [-0.2, 0) is 17.7 Å². The number of Topliss-reactive ketones (excluding diaryl/α,β-unsaturated/α-hetero) is 1. The number of aromatic nitrogens is 4. The van der Waals surface area contributed by atoms with E-state index in [9.17, 15) is 14.4 Å². The van der Waals surface area contributed by atoms with E-state index < -0.39 is 5.97 Å². The van der Waals surface area contributed by atoms with Gasteiger partial charge < -0.3 is 4.74 Å². The van der Waals surface area contributed by atoms with Gasteiger partial charge in [0, 0.05) is 41.5 Å². The molecule has 8 nitrogen and oxygen atoms in total. The van der Waals surface area contributed by atoms with E-state index >= 15 is 0 Å². The molecule has 4 aromatic rings. The molecule has 0 atom stereocenters. The van der Waals surface area contributed by atoms with Gasteiger partial charge in [-0.2, -0.15) is 0 Å². The Morgan fingerprint density at radius 2 is 2.00 bits per heavy atom. The molecule has 0 aliphatic carbocycles. The predicted octanol–water partition coefficient (Wildman–Crippen LogP) is 4.40. The Hall–Kier alpha value is -3.11.